The lowest BCUT2D eigenvalue weighted by Crippen LogP contribution is -2.49. The SMILES string of the molecule is COC1(C)CCCN(S(=O)(=O)c2c(CCl)n[nH]c2C)C1. The molecule has 0 spiro atoms. The third kappa shape index (κ3) is 2.72. The lowest BCUT2D eigenvalue weighted by atomic mass is 9.96. The van der Waals surface area contributed by atoms with Gasteiger partial charge in [0.2, 0.25) is 10.0 Å². The molecular formula is C12H20ClN3O3S. The van der Waals surface area contributed by atoms with Crippen molar-refractivity contribution in [3.8, 4) is 0 Å². The zero-order chi connectivity index (χ0) is 15.0. The Bertz CT molecular complexity index is 587. The highest BCUT2D eigenvalue weighted by atomic mass is 35.5. The number of nitrogens with zero attached hydrogens (tertiary/aromatic N) is 2. The van der Waals surface area contributed by atoms with E-state index in [9.17, 15) is 8.42 Å². The fourth-order valence-corrected chi connectivity index (χ4v) is 4.76. The predicted molar refractivity (Wildman–Crippen MR) is 76.3 cm³/mol. The van der Waals surface area contributed by atoms with Gasteiger partial charge in [-0.1, -0.05) is 0 Å². The molecule has 1 fully saturated rings. The summed E-state index contributed by atoms with van der Waals surface area (Å²) in [6.45, 7) is 4.46. The van der Waals surface area contributed by atoms with Crippen molar-refractivity contribution >= 4 is 21.6 Å². The van der Waals surface area contributed by atoms with Gasteiger partial charge in [0.25, 0.3) is 0 Å². The van der Waals surface area contributed by atoms with Crippen molar-refractivity contribution in [1.29, 1.82) is 0 Å². The number of hydrogen-bond acceptors (Lipinski definition) is 4. The van der Waals surface area contributed by atoms with Gasteiger partial charge in [0.15, 0.2) is 0 Å². The minimum Gasteiger partial charge on any atom is -0.377 e. The van der Waals surface area contributed by atoms with E-state index < -0.39 is 15.6 Å². The molecule has 1 unspecified atom stereocenters. The van der Waals surface area contributed by atoms with E-state index in [0.717, 1.165) is 12.8 Å². The third-order valence-electron chi connectivity index (χ3n) is 3.80. The Balaban J connectivity index is 2.37. The molecule has 1 aromatic rings. The highest BCUT2D eigenvalue weighted by Gasteiger charge is 2.39. The van der Waals surface area contributed by atoms with E-state index in [1.807, 2.05) is 6.92 Å². The maximum absolute atomic E-state index is 12.8. The number of nitrogens with one attached hydrogen (secondary N) is 1. The smallest absolute Gasteiger partial charge is 0.246 e. The lowest BCUT2D eigenvalue weighted by molar-refractivity contribution is -0.0319. The summed E-state index contributed by atoms with van der Waals surface area (Å²) in [5.41, 5.74) is 0.448. The number of aromatic nitrogens is 2. The first-order valence-corrected chi connectivity index (χ1v) is 8.46. The Morgan fingerprint density at radius 1 is 1.55 bits per heavy atom. The molecule has 1 aliphatic rings. The summed E-state index contributed by atoms with van der Waals surface area (Å²) in [6, 6.07) is 0. The highest BCUT2D eigenvalue weighted by molar-refractivity contribution is 7.89. The van der Waals surface area contributed by atoms with Crippen LogP contribution in [0.15, 0.2) is 4.90 Å². The summed E-state index contributed by atoms with van der Waals surface area (Å²) in [5, 5.41) is 6.65. The molecule has 0 amide bonds. The molecule has 114 valence electrons. The van der Waals surface area contributed by atoms with Gasteiger partial charge in [-0.15, -0.1) is 11.6 Å². The van der Waals surface area contributed by atoms with E-state index in [2.05, 4.69) is 10.2 Å². The minimum absolute atomic E-state index is 0.0638. The average Bonchev–Trinajstić information content (AvgIpc) is 2.80. The fourth-order valence-electron chi connectivity index (χ4n) is 2.56. The third-order valence-corrected chi connectivity index (χ3v) is 6.10. The molecule has 6 nitrogen and oxygen atoms in total. The molecule has 2 rings (SSSR count). The zero-order valence-corrected chi connectivity index (χ0v) is 13.5. The molecule has 0 bridgehead atoms. The molecule has 0 saturated carbocycles. The summed E-state index contributed by atoms with van der Waals surface area (Å²) in [4.78, 5) is 0.202. The predicted octanol–water partition coefficient (Wildman–Crippen LogP) is 1.65. The number of rotatable bonds is 4. The Morgan fingerprint density at radius 2 is 2.25 bits per heavy atom. The zero-order valence-electron chi connectivity index (χ0n) is 11.9. The second kappa shape index (κ2) is 5.63. The van der Waals surface area contributed by atoms with Gasteiger partial charge in [-0.05, 0) is 26.7 Å². The van der Waals surface area contributed by atoms with Crippen LogP contribution >= 0.6 is 11.6 Å². The summed E-state index contributed by atoms with van der Waals surface area (Å²) in [6.07, 6.45) is 1.62. The summed E-state index contributed by atoms with van der Waals surface area (Å²) in [7, 11) is -1.98. The molecule has 2 heterocycles. The summed E-state index contributed by atoms with van der Waals surface area (Å²) >= 11 is 5.78. The van der Waals surface area contributed by atoms with Crippen molar-refractivity contribution in [2.24, 2.45) is 0 Å². The lowest BCUT2D eigenvalue weighted by Gasteiger charge is -2.38. The molecule has 0 aliphatic carbocycles. The van der Waals surface area contributed by atoms with E-state index in [4.69, 9.17) is 16.3 Å². The Hall–Kier alpha value is -0.630. The van der Waals surface area contributed by atoms with Crippen molar-refractivity contribution in [3.05, 3.63) is 11.4 Å². The standard InChI is InChI=1S/C12H20ClN3O3S/c1-9-11(10(7-13)15-14-9)20(17,18)16-6-4-5-12(2,8-16)19-3/h4-8H2,1-3H3,(H,14,15). The number of alkyl halides is 1. The van der Waals surface area contributed by atoms with Crippen molar-refractivity contribution in [3.63, 3.8) is 0 Å². The van der Waals surface area contributed by atoms with Crippen LogP contribution in [0.1, 0.15) is 31.2 Å². The first-order valence-electron chi connectivity index (χ1n) is 6.49. The monoisotopic (exact) mass is 321 g/mol. The van der Waals surface area contributed by atoms with Gasteiger partial charge in [0.05, 0.1) is 22.9 Å². The van der Waals surface area contributed by atoms with E-state index in [1.54, 1.807) is 14.0 Å². The Kier molecular flexibility index (Phi) is 4.44. The number of aromatic amines is 1. The molecule has 0 radical (unpaired) electrons. The van der Waals surface area contributed by atoms with Crippen LogP contribution in [-0.2, 0) is 20.6 Å². The first kappa shape index (κ1) is 15.8. The number of hydrogen-bond donors (Lipinski definition) is 1. The molecule has 20 heavy (non-hydrogen) atoms. The van der Waals surface area contributed by atoms with Gasteiger partial charge in [-0.3, -0.25) is 5.10 Å². The van der Waals surface area contributed by atoms with Crippen LogP contribution in [0.2, 0.25) is 0 Å². The van der Waals surface area contributed by atoms with Gasteiger partial charge < -0.3 is 4.74 Å². The highest BCUT2D eigenvalue weighted by Crippen LogP contribution is 2.30. The van der Waals surface area contributed by atoms with Crippen LogP contribution in [0, 0.1) is 6.92 Å². The van der Waals surface area contributed by atoms with Crippen LogP contribution in [0.3, 0.4) is 0 Å². The molecular weight excluding hydrogens is 302 g/mol. The molecule has 1 aromatic heterocycles. The number of piperidine rings is 1. The Labute approximate surface area is 124 Å². The van der Waals surface area contributed by atoms with Gasteiger partial charge in [0.1, 0.15) is 4.90 Å². The largest absolute Gasteiger partial charge is 0.377 e. The van der Waals surface area contributed by atoms with E-state index in [0.29, 0.717) is 24.5 Å². The molecule has 1 saturated heterocycles. The quantitative estimate of drug-likeness (QED) is 0.856. The van der Waals surface area contributed by atoms with Gasteiger partial charge in [0, 0.05) is 20.2 Å². The number of halogens is 1. The topological polar surface area (TPSA) is 75.3 Å². The van der Waals surface area contributed by atoms with Crippen molar-refractivity contribution < 1.29 is 13.2 Å². The minimum atomic E-state index is -3.60. The summed E-state index contributed by atoms with van der Waals surface area (Å²) in [5.74, 6) is 0.0638. The number of methoxy groups -OCH3 is 1. The first-order chi connectivity index (χ1) is 9.34. The number of H-pyrrole nitrogens is 1. The van der Waals surface area contributed by atoms with Crippen LogP contribution in [0.4, 0.5) is 0 Å². The van der Waals surface area contributed by atoms with E-state index in [1.165, 1.54) is 4.31 Å². The van der Waals surface area contributed by atoms with Crippen molar-refractivity contribution in [2.45, 2.75) is 43.1 Å². The van der Waals surface area contributed by atoms with Crippen molar-refractivity contribution in [2.75, 3.05) is 20.2 Å². The van der Waals surface area contributed by atoms with Crippen LogP contribution < -0.4 is 0 Å². The van der Waals surface area contributed by atoms with Crippen LogP contribution in [-0.4, -0.2) is 48.7 Å². The maximum Gasteiger partial charge on any atom is 0.246 e. The average molecular weight is 322 g/mol. The van der Waals surface area contributed by atoms with E-state index in [-0.39, 0.29) is 10.8 Å². The number of ether oxygens (including phenoxy) is 1. The van der Waals surface area contributed by atoms with Crippen LogP contribution in [0.25, 0.3) is 0 Å². The number of sulfonamides is 1. The van der Waals surface area contributed by atoms with Gasteiger partial charge in [-0.2, -0.15) is 9.40 Å². The van der Waals surface area contributed by atoms with Gasteiger partial charge in [-0.25, -0.2) is 8.42 Å². The van der Waals surface area contributed by atoms with Gasteiger partial charge >= 0.3 is 0 Å². The van der Waals surface area contributed by atoms with E-state index >= 15 is 0 Å². The molecule has 0 aromatic carbocycles. The van der Waals surface area contributed by atoms with Crippen molar-refractivity contribution in [1.82, 2.24) is 14.5 Å². The Morgan fingerprint density at radius 3 is 2.85 bits per heavy atom. The molecule has 8 heteroatoms. The summed E-state index contributed by atoms with van der Waals surface area (Å²) < 4.78 is 32.5. The maximum atomic E-state index is 12.8. The second-order valence-electron chi connectivity index (χ2n) is 5.35. The number of aryl methyl sites for hydroxylation is 1. The molecule has 1 aliphatic heterocycles. The fraction of sp³-hybridized carbons (Fsp3) is 0.750. The molecule has 1 atom stereocenters. The normalized spacial score (nSPS) is 25.0. The molecule has 1 N–H and O–H groups in total. The second-order valence-corrected chi connectivity index (χ2v) is 7.50. The van der Waals surface area contributed by atoms with Crippen LogP contribution in [0.5, 0.6) is 0 Å².